The Hall–Kier alpha value is -4.46. The van der Waals surface area contributed by atoms with Gasteiger partial charge in [0.25, 0.3) is 0 Å². The van der Waals surface area contributed by atoms with Crippen LogP contribution in [0.4, 0.5) is 5.82 Å². The highest BCUT2D eigenvalue weighted by molar-refractivity contribution is 5.97. The summed E-state index contributed by atoms with van der Waals surface area (Å²) in [6.45, 7) is 4.45. The van der Waals surface area contributed by atoms with Gasteiger partial charge >= 0.3 is 11.7 Å². The monoisotopic (exact) mass is 466 g/mol. The predicted molar refractivity (Wildman–Crippen MR) is 139 cm³/mol. The summed E-state index contributed by atoms with van der Waals surface area (Å²) < 4.78 is 1.68. The molecule has 8 nitrogen and oxygen atoms in total. The number of carbonyl (C=O) groups excluding carboxylic acids is 1. The van der Waals surface area contributed by atoms with Crippen molar-refractivity contribution in [1.82, 2.24) is 9.97 Å². The molecule has 2 unspecified atom stereocenters. The van der Waals surface area contributed by atoms with Crippen LogP contribution in [0.2, 0.25) is 0 Å². The maximum absolute atomic E-state index is 13.6. The number of H-pyrrole nitrogens is 1. The highest BCUT2D eigenvalue weighted by Gasteiger charge is 2.44. The van der Waals surface area contributed by atoms with E-state index in [1.54, 1.807) is 4.57 Å². The number of aromatic nitrogens is 3. The SMILES string of the molecule is Cc1cccc2[nH]cc(-c3c[n+]4c(c(/C=C/CN=C(N)N)n3)NC(C(C)c3ccccc3)C4=O)c12. The fraction of sp³-hybridized carbons (Fsp3) is 0.185. The second-order valence-corrected chi connectivity index (χ2v) is 8.76. The number of aliphatic imine (C=N–C) groups is 1. The summed E-state index contributed by atoms with van der Waals surface area (Å²) in [5.74, 6) is 0.635. The second-order valence-electron chi connectivity index (χ2n) is 8.76. The number of rotatable bonds is 6. The molecule has 6 N–H and O–H groups in total. The number of nitrogens with one attached hydrogen (secondary N) is 2. The van der Waals surface area contributed by atoms with Crippen LogP contribution in [0.25, 0.3) is 28.2 Å². The molecule has 0 fully saturated rings. The van der Waals surface area contributed by atoms with Crippen LogP contribution in [0.1, 0.15) is 34.5 Å². The molecule has 2 aromatic carbocycles. The Morgan fingerprint density at radius 2 is 2.00 bits per heavy atom. The summed E-state index contributed by atoms with van der Waals surface area (Å²) in [5, 5.41) is 4.52. The topological polar surface area (TPSA) is 126 Å². The molecule has 0 radical (unpaired) electrons. The Bertz CT molecular complexity index is 1470. The molecule has 2 aromatic heterocycles. The average molecular weight is 467 g/mol. The number of nitrogens with two attached hydrogens (primary N) is 2. The van der Waals surface area contributed by atoms with E-state index in [1.165, 1.54) is 0 Å². The van der Waals surface area contributed by atoms with Gasteiger partial charge in [0.05, 0.1) is 6.54 Å². The highest BCUT2D eigenvalue weighted by Crippen LogP contribution is 2.32. The number of anilines is 1. The van der Waals surface area contributed by atoms with Crippen LogP contribution in [0, 0.1) is 6.92 Å². The molecular weight excluding hydrogens is 438 g/mol. The standard InChI is InChI=1S/C27H27N7O/c1-16-8-6-11-20-23(16)19(14-31-20)22-15-34-25(21(32-22)12-7-13-30-27(28)29)33-24(26(34)35)17(2)18-9-4-3-5-10-18/h3-12,14-15,17,24,31H,13H2,1-2H3,(H4,28,29,30)/p+1/b12-7+. The van der Waals surface area contributed by atoms with Crippen LogP contribution < -0.4 is 21.4 Å². The van der Waals surface area contributed by atoms with Crippen molar-refractivity contribution in [3.8, 4) is 11.3 Å². The lowest BCUT2D eigenvalue weighted by atomic mass is 9.93. The summed E-state index contributed by atoms with van der Waals surface area (Å²) in [7, 11) is 0. The van der Waals surface area contributed by atoms with Gasteiger partial charge in [-0.3, -0.25) is 5.32 Å². The predicted octanol–water partition coefficient (Wildman–Crippen LogP) is 3.35. The number of nitrogens with zero attached hydrogens (tertiary/aromatic N) is 3. The van der Waals surface area contributed by atoms with Crippen LogP contribution in [-0.2, 0) is 0 Å². The maximum Gasteiger partial charge on any atom is 0.359 e. The summed E-state index contributed by atoms with van der Waals surface area (Å²) >= 11 is 0. The maximum atomic E-state index is 13.6. The lowest BCUT2D eigenvalue weighted by Crippen LogP contribution is -2.44. The zero-order chi connectivity index (χ0) is 24.5. The van der Waals surface area contributed by atoms with E-state index in [0.29, 0.717) is 23.8 Å². The van der Waals surface area contributed by atoms with Gasteiger partial charge < -0.3 is 16.5 Å². The number of aromatic amines is 1. The van der Waals surface area contributed by atoms with Crippen molar-refractivity contribution in [2.75, 3.05) is 11.9 Å². The first-order valence-electron chi connectivity index (χ1n) is 11.6. The van der Waals surface area contributed by atoms with Crippen molar-refractivity contribution in [3.05, 3.63) is 83.8 Å². The number of carbonyl (C=O) groups is 1. The Labute approximate surface area is 203 Å². The summed E-state index contributed by atoms with van der Waals surface area (Å²) in [4.78, 5) is 25.9. The smallest absolute Gasteiger partial charge is 0.359 e. The third-order valence-corrected chi connectivity index (χ3v) is 6.44. The first kappa shape index (κ1) is 22.3. The molecule has 5 rings (SSSR count). The first-order valence-corrected chi connectivity index (χ1v) is 11.6. The van der Waals surface area contributed by atoms with E-state index in [9.17, 15) is 4.79 Å². The number of fused-ring (bicyclic) bond motifs is 2. The van der Waals surface area contributed by atoms with E-state index in [-0.39, 0.29) is 17.8 Å². The molecule has 0 saturated carbocycles. The Morgan fingerprint density at radius 1 is 1.20 bits per heavy atom. The van der Waals surface area contributed by atoms with Crippen LogP contribution in [0.15, 0.2) is 72.0 Å². The minimum absolute atomic E-state index is 0.0181. The first-order chi connectivity index (χ1) is 16.9. The minimum Gasteiger partial charge on any atom is -0.370 e. The quantitative estimate of drug-likeness (QED) is 0.197. The van der Waals surface area contributed by atoms with Gasteiger partial charge in [-0.1, -0.05) is 55.5 Å². The van der Waals surface area contributed by atoms with Crippen molar-refractivity contribution in [2.24, 2.45) is 16.5 Å². The van der Waals surface area contributed by atoms with Gasteiger partial charge in [0.1, 0.15) is 11.9 Å². The summed E-state index contributed by atoms with van der Waals surface area (Å²) in [6, 6.07) is 15.7. The Kier molecular flexibility index (Phi) is 5.78. The molecular formula is C27H28N7O+. The van der Waals surface area contributed by atoms with Gasteiger partial charge in [-0.05, 0) is 30.2 Å². The average Bonchev–Trinajstić information content (AvgIpc) is 3.44. The second kappa shape index (κ2) is 9.06. The third-order valence-electron chi connectivity index (χ3n) is 6.44. The molecule has 0 saturated heterocycles. The molecule has 176 valence electrons. The molecule has 35 heavy (non-hydrogen) atoms. The fourth-order valence-electron chi connectivity index (χ4n) is 4.62. The number of hydrogen-bond donors (Lipinski definition) is 4. The van der Waals surface area contributed by atoms with E-state index in [2.05, 4.69) is 35.2 Å². The summed E-state index contributed by atoms with van der Waals surface area (Å²) in [5.41, 5.74) is 16.5. The van der Waals surface area contributed by atoms with Gasteiger partial charge in [0.2, 0.25) is 6.04 Å². The van der Waals surface area contributed by atoms with Crippen LogP contribution in [0.5, 0.6) is 0 Å². The zero-order valence-electron chi connectivity index (χ0n) is 19.7. The van der Waals surface area contributed by atoms with E-state index in [0.717, 1.165) is 27.6 Å². The molecule has 0 amide bonds. The zero-order valence-corrected chi connectivity index (χ0v) is 19.7. The van der Waals surface area contributed by atoms with Crippen molar-refractivity contribution < 1.29 is 9.36 Å². The van der Waals surface area contributed by atoms with Crippen LogP contribution in [0.3, 0.4) is 0 Å². The van der Waals surface area contributed by atoms with Gasteiger partial charge in [-0.25, -0.2) is 14.8 Å². The molecule has 3 heterocycles. The van der Waals surface area contributed by atoms with Crippen molar-refractivity contribution in [2.45, 2.75) is 25.8 Å². The molecule has 4 aromatic rings. The van der Waals surface area contributed by atoms with Crippen molar-refractivity contribution in [3.63, 3.8) is 0 Å². The van der Waals surface area contributed by atoms with Gasteiger partial charge in [0, 0.05) is 28.6 Å². The lowest BCUT2D eigenvalue weighted by Gasteiger charge is -2.13. The normalized spacial score (nSPS) is 15.8. The number of hydrogen-bond acceptors (Lipinski definition) is 4. The Morgan fingerprint density at radius 3 is 2.77 bits per heavy atom. The number of benzene rings is 2. The molecule has 0 spiro atoms. The Balaban J connectivity index is 1.61. The molecule has 0 aliphatic carbocycles. The molecule has 1 aliphatic rings. The van der Waals surface area contributed by atoms with E-state index < -0.39 is 6.04 Å². The van der Waals surface area contributed by atoms with Crippen molar-refractivity contribution >= 4 is 34.7 Å². The van der Waals surface area contributed by atoms with Crippen LogP contribution in [-0.4, -0.2) is 34.4 Å². The number of aryl methyl sites for hydroxylation is 1. The van der Waals surface area contributed by atoms with Gasteiger partial charge in [0.15, 0.2) is 11.7 Å². The van der Waals surface area contributed by atoms with E-state index >= 15 is 0 Å². The fourth-order valence-corrected chi connectivity index (χ4v) is 4.62. The minimum atomic E-state index is -0.413. The van der Waals surface area contributed by atoms with E-state index in [4.69, 9.17) is 16.5 Å². The molecule has 2 atom stereocenters. The summed E-state index contributed by atoms with van der Waals surface area (Å²) in [6.07, 6.45) is 7.44. The molecule has 8 heteroatoms. The molecule has 1 aliphatic heterocycles. The van der Waals surface area contributed by atoms with E-state index in [1.807, 2.05) is 67.0 Å². The van der Waals surface area contributed by atoms with Crippen LogP contribution >= 0.6 is 0 Å². The van der Waals surface area contributed by atoms with Crippen molar-refractivity contribution in [1.29, 1.82) is 0 Å². The largest absolute Gasteiger partial charge is 0.370 e. The molecule has 0 bridgehead atoms. The van der Waals surface area contributed by atoms with Gasteiger partial charge in [-0.15, -0.1) is 0 Å². The van der Waals surface area contributed by atoms with Gasteiger partial charge in [-0.2, -0.15) is 4.57 Å². The third kappa shape index (κ3) is 4.14. The number of guanidine groups is 1. The highest BCUT2D eigenvalue weighted by atomic mass is 16.2. The lowest BCUT2D eigenvalue weighted by molar-refractivity contribution is -0.552.